The molecule has 5 rings (SSSR count). The predicted molar refractivity (Wildman–Crippen MR) is 139 cm³/mol. The van der Waals surface area contributed by atoms with Crippen LogP contribution in [0.4, 0.5) is 28.8 Å². The van der Waals surface area contributed by atoms with E-state index in [1.165, 1.54) is 6.33 Å². The highest BCUT2D eigenvalue weighted by Crippen LogP contribution is 2.35. The minimum Gasteiger partial charge on any atom is -0.373 e. The van der Waals surface area contributed by atoms with E-state index >= 15 is 0 Å². The maximum atomic E-state index is 9.22. The largest absolute Gasteiger partial charge is 0.373 e. The van der Waals surface area contributed by atoms with Gasteiger partial charge in [0.2, 0.25) is 0 Å². The van der Waals surface area contributed by atoms with E-state index in [-0.39, 0.29) is 0 Å². The summed E-state index contributed by atoms with van der Waals surface area (Å²) in [6, 6.07) is 21.3. The van der Waals surface area contributed by atoms with E-state index in [9.17, 15) is 5.26 Å². The van der Waals surface area contributed by atoms with Crippen molar-refractivity contribution < 1.29 is 0 Å². The molecular formula is C27H22N8. The van der Waals surface area contributed by atoms with Crippen LogP contribution in [0, 0.1) is 18.3 Å². The van der Waals surface area contributed by atoms with Gasteiger partial charge in [0.15, 0.2) is 0 Å². The first-order chi connectivity index (χ1) is 17.2. The van der Waals surface area contributed by atoms with Crippen LogP contribution in [0.25, 0.3) is 22.0 Å². The van der Waals surface area contributed by atoms with Gasteiger partial charge < -0.3 is 16.0 Å². The third-order valence-corrected chi connectivity index (χ3v) is 5.66. The highest BCUT2D eigenvalue weighted by atomic mass is 15.0. The summed E-state index contributed by atoms with van der Waals surface area (Å²) >= 11 is 0. The number of anilines is 5. The van der Waals surface area contributed by atoms with Crippen LogP contribution in [0.2, 0.25) is 0 Å². The molecule has 0 radical (unpaired) electrons. The summed E-state index contributed by atoms with van der Waals surface area (Å²) in [6.07, 6.45) is 5.06. The van der Waals surface area contributed by atoms with Crippen LogP contribution in [0.15, 0.2) is 79.4 Å². The van der Waals surface area contributed by atoms with Gasteiger partial charge in [-0.05, 0) is 48.9 Å². The second-order valence-corrected chi connectivity index (χ2v) is 7.89. The highest BCUT2D eigenvalue weighted by Gasteiger charge is 2.14. The number of rotatable bonds is 6. The molecule has 0 aliphatic rings. The summed E-state index contributed by atoms with van der Waals surface area (Å²) in [5, 5.41) is 21.1. The van der Waals surface area contributed by atoms with Crippen LogP contribution >= 0.6 is 0 Å². The van der Waals surface area contributed by atoms with Crippen LogP contribution in [0.3, 0.4) is 0 Å². The quantitative estimate of drug-likeness (QED) is 0.293. The minimum atomic E-state index is 0.585. The van der Waals surface area contributed by atoms with Crippen molar-refractivity contribution in [1.82, 2.24) is 19.9 Å². The number of hydrogen-bond donors (Lipinski definition) is 3. The summed E-state index contributed by atoms with van der Waals surface area (Å²) in [6.45, 7) is 2.05. The molecule has 8 heteroatoms. The maximum absolute atomic E-state index is 9.22. The third-order valence-electron chi connectivity index (χ3n) is 5.66. The van der Waals surface area contributed by atoms with Gasteiger partial charge in [0.25, 0.3) is 0 Å². The van der Waals surface area contributed by atoms with Crippen LogP contribution in [-0.4, -0.2) is 27.0 Å². The standard InChI is InChI=1S/C27H22N8/c1-17-8-9-21-20(10-12-31-26(21)34-19-6-3-5-18(13-19)15-28)25(17)35-27-22(7-4-11-30-27)23-14-24(29-2)33-16-32-23/h3-14,16H,1-2H3,(H,30,35)(H,31,34)(H,29,32,33). The summed E-state index contributed by atoms with van der Waals surface area (Å²) in [5.74, 6) is 2.13. The Kier molecular flexibility index (Phi) is 5.89. The zero-order valence-corrected chi connectivity index (χ0v) is 19.2. The third kappa shape index (κ3) is 4.43. The van der Waals surface area contributed by atoms with Crippen LogP contribution < -0.4 is 16.0 Å². The van der Waals surface area contributed by atoms with Gasteiger partial charge in [0.1, 0.15) is 23.8 Å². The van der Waals surface area contributed by atoms with Gasteiger partial charge in [-0.3, -0.25) is 0 Å². The van der Waals surface area contributed by atoms with Crippen molar-refractivity contribution in [2.24, 2.45) is 0 Å². The number of benzene rings is 2. The lowest BCUT2D eigenvalue weighted by molar-refractivity contribution is 1.16. The molecule has 2 aromatic carbocycles. The van der Waals surface area contributed by atoms with Crippen molar-refractivity contribution in [2.45, 2.75) is 6.92 Å². The molecular weight excluding hydrogens is 436 g/mol. The SMILES string of the molecule is CNc1cc(-c2cccnc2Nc2c(C)ccc3c(Nc4cccc(C#N)c4)nccc23)ncn1. The van der Waals surface area contributed by atoms with E-state index in [1.807, 2.05) is 49.5 Å². The zero-order chi connectivity index (χ0) is 24.2. The van der Waals surface area contributed by atoms with E-state index in [2.05, 4.69) is 54.9 Å². The topological polar surface area (TPSA) is 111 Å². The Morgan fingerprint density at radius 1 is 0.800 bits per heavy atom. The molecule has 0 fully saturated rings. The molecule has 0 aliphatic heterocycles. The number of aromatic nitrogens is 4. The van der Waals surface area contributed by atoms with Crippen molar-refractivity contribution in [1.29, 1.82) is 5.26 Å². The molecule has 0 bridgehead atoms. The number of nitrogens with one attached hydrogen (secondary N) is 3. The Bertz CT molecular complexity index is 1570. The highest BCUT2D eigenvalue weighted by molar-refractivity contribution is 6.03. The van der Waals surface area contributed by atoms with Gasteiger partial charge in [0.05, 0.1) is 23.0 Å². The Balaban J connectivity index is 1.57. The number of aryl methyl sites for hydroxylation is 1. The number of pyridine rings is 2. The molecule has 3 N–H and O–H groups in total. The fourth-order valence-corrected chi connectivity index (χ4v) is 3.90. The molecule has 0 spiro atoms. The van der Waals surface area contributed by atoms with E-state index in [0.717, 1.165) is 44.8 Å². The van der Waals surface area contributed by atoms with E-state index in [0.29, 0.717) is 17.2 Å². The molecule has 0 saturated carbocycles. The maximum Gasteiger partial charge on any atom is 0.139 e. The molecule has 35 heavy (non-hydrogen) atoms. The fraction of sp³-hybridized carbons (Fsp3) is 0.0741. The average molecular weight is 459 g/mol. The Labute approximate surface area is 202 Å². The summed E-state index contributed by atoms with van der Waals surface area (Å²) < 4.78 is 0. The fourth-order valence-electron chi connectivity index (χ4n) is 3.90. The Hall–Kier alpha value is -5.03. The van der Waals surface area contributed by atoms with Crippen molar-refractivity contribution in [2.75, 3.05) is 23.0 Å². The Morgan fingerprint density at radius 3 is 2.54 bits per heavy atom. The lowest BCUT2D eigenvalue weighted by Crippen LogP contribution is -2.02. The summed E-state index contributed by atoms with van der Waals surface area (Å²) in [4.78, 5) is 17.8. The molecule has 3 heterocycles. The summed E-state index contributed by atoms with van der Waals surface area (Å²) in [7, 11) is 1.82. The van der Waals surface area contributed by atoms with Gasteiger partial charge in [-0.25, -0.2) is 19.9 Å². The van der Waals surface area contributed by atoms with Crippen molar-refractivity contribution in [3.63, 3.8) is 0 Å². The first-order valence-electron chi connectivity index (χ1n) is 11.0. The Morgan fingerprint density at radius 2 is 1.69 bits per heavy atom. The zero-order valence-electron chi connectivity index (χ0n) is 19.2. The average Bonchev–Trinajstić information content (AvgIpc) is 2.91. The van der Waals surface area contributed by atoms with Crippen LogP contribution in [0.5, 0.6) is 0 Å². The molecule has 8 nitrogen and oxygen atoms in total. The smallest absolute Gasteiger partial charge is 0.139 e. The van der Waals surface area contributed by atoms with Gasteiger partial charge in [0, 0.05) is 47.5 Å². The van der Waals surface area contributed by atoms with E-state index in [4.69, 9.17) is 0 Å². The van der Waals surface area contributed by atoms with Gasteiger partial charge in [-0.1, -0.05) is 18.2 Å². The van der Waals surface area contributed by atoms with E-state index < -0.39 is 0 Å². The molecule has 0 unspecified atom stereocenters. The minimum absolute atomic E-state index is 0.585. The monoisotopic (exact) mass is 458 g/mol. The van der Waals surface area contributed by atoms with Gasteiger partial charge >= 0.3 is 0 Å². The second-order valence-electron chi connectivity index (χ2n) is 7.89. The molecule has 0 saturated heterocycles. The predicted octanol–water partition coefficient (Wildman–Crippen LogP) is 5.80. The van der Waals surface area contributed by atoms with Crippen molar-refractivity contribution >= 4 is 39.6 Å². The van der Waals surface area contributed by atoms with Crippen LogP contribution in [-0.2, 0) is 0 Å². The van der Waals surface area contributed by atoms with Crippen LogP contribution in [0.1, 0.15) is 11.1 Å². The van der Waals surface area contributed by atoms with E-state index in [1.54, 1.807) is 24.5 Å². The number of fused-ring (bicyclic) bond motifs is 1. The number of nitrogens with zero attached hydrogens (tertiary/aromatic N) is 5. The number of hydrogen-bond acceptors (Lipinski definition) is 8. The molecule has 0 aliphatic carbocycles. The first-order valence-corrected chi connectivity index (χ1v) is 11.0. The molecule has 0 amide bonds. The van der Waals surface area contributed by atoms with Gasteiger partial charge in [-0.15, -0.1) is 0 Å². The first kappa shape index (κ1) is 21.8. The lowest BCUT2D eigenvalue weighted by Gasteiger charge is -2.17. The van der Waals surface area contributed by atoms with Gasteiger partial charge in [-0.2, -0.15) is 5.26 Å². The molecule has 0 atom stereocenters. The lowest BCUT2D eigenvalue weighted by atomic mass is 10.0. The normalized spacial score (nSPS) is 10.5. The number of nitriles is 1. The second kappa shape index (κ2) is 9.45. The van der Waals surface area contributed by atoms with Crippen molar-refractivity contribution in [3.05, 3.63) is 90.5 Å². The molecule has 170 valence electrons. The summed E-state index contributed by atoms with van der Waals surface area (Å²) in [5.41, 5.74) is 5.01. The molecule has 3 aromatic heterocycles. The molecule has 5 aromatic rings. The van der Waals surface area contributed by atoms with Crippen molar-refractivity contribution in [3.8, 4) is 17.3 Å².